The van der Waals surface area contributed by atoms with Gasteiger partial charge < -0.3 is 5.32 Å². The topological polar surface area (TPSA) is 66.5 Å². The Labute approximate surface area is 154 Å². The van der Waals surface area contributed by atoms with Crippen molar-refractivity contribution in [1.82, 2.24) is 10.2 Å². The van der Waals surface area contributed by atoms with E-state index in [1.54, 1.807) is 42.5 Å². The maximum atomic E-state index is 12.2. The van der Waals surface area contributed by atoms with Gasteiger partial charge in [-0.15, -0.1) is 0 Å². The van der Waals surface area contributed by atoms with Crippen molar-refractivity contribution in [2.75, 3.05) is 13.1 Å². The lowest BCUT2D eigenvalue weighted by molar-refractivity contribution is 0.0650. The molecule has 1 aliphatic rings. The van der Waals surface area contributed by atoms with Gasteiger partial charge in [-0.1, -0.05) is 34.1 Å². The molecule has 3 rings (SSSR count). The number of hydrogen-bond donors (Lipinski definition) is 1. The fourth-order valence-electron chi connectivity index (χ4n) is 2.77. The van der Waals surface area contributed by atoms with Crippen LogP contribution in [0.1, 0.15) is 43.9 Å². The maximum Gasteiger partial charge on any atom is 0.261 e. The highest BCUT2D eigenvalue weighted by molar-refractivity contribution is 9.10. The van der Waals surface area contributed by atoms with Crippen LogP contribution >= 0.6 is 15.9 Å². The van der Waals surface area contributed by atoms with Crippen molar-refractivity contribution in [1.29, 1.82) is 0 Å². The number of amides is 3. The highest BCUT2D eigenvalue weighted by Gasteiger charge is 2.34. The molecule has 0 aromatic heterocycles. The van der Waals surface area contributed by atoms with Crippen molar-refractivity contribution in [3.63, 3.8) is 0 Å². The summed E-state index contributed by atoms with van der Waals surface area (Å²) in [7, 11) is 0. The van der Waals surface area contributed by atoms with Crippen LogP contribution in [0.5, 0.6) is 0 Å². The lowest BCUT2D eigenvalue weighted by Gasteiger charge is -2.13. The van der Waals surface area contributed by atoms with Crippen LogP contribution in [0.4, 0.5) is 0 Å². The summed E-state index contributed by atoms with van der Waals surface area (Å²) in [5, 5.41) is 2.84. The number of nitrogens with one attached hydrogen (secondary N) is 1. The van der Waals surface area contributed by atoms with Gasteiger partial charge in [-0.25, -0.2) is 0 Å². The molecule has 0 saturated heterocycles. The normalized spacial score (nSPS) is 13.1. The van der Waals surface area contributed by atoms with Gasteiger partial charge in [0.25, 0.3) is 17.7 Å². The third-order valence-electron chi connectivity index (χ3n) is 4.06. The molecule has 2 aromatic rings. The first-order valence-corrected chi connectivity index (χ1v) is 8.86. The molecule has 1 N–H and O–H groups in total. The second kappa shape index (κ2) is 7.61. The molecular weight excluding hydrogens is 384 g/mol. The Morgan fingerprint density at radius 2 is 1.64 bits per heavy atom. The molecular formula is C19H17BrN2O3. The molecule has 0 aliphatic carbocycles. The predicted molar refractivity (Wildman–Crippen MR) is 97.5 cm³/mol. The molecule has 1 heterocycles. The van der Waals surface area contributed by atoms with E-state index < -0.39 is 0 Å². The van der Waals surface area contributed by atoms with Gasteiger partial charge in [0.2, 0.25) is 0 Å². The highest BCUT2D eigenvalue weighted by Crippen LogP contribution is 2.22. The van der Waals surface area contributed by atoms with E-state index in [9.17, 15) is 14.4 Å². The molecule has 5 nitrogen and oxygen atoms in total. The lowest BCUT2D eigenvalue weighted by atomic mass is 10.1. The predicted octanol–water partition coefficient (Wildman–Crippen LogP) is 3.26. The molecule has 2 aromatic carbocycles. The Morgan fingerprint density at radius 3 is 2.28 bits per heavy atom. The zero-order valence-electron chi connectivity index (χ0n) is 13.5. The van der Waals surface area contributed by atoms with Gasteiger partial charge >= 0.3 is 0 Å². The molecule has 25 heavy (non-hydrogen) atoms. The molecule has 0 spiro atoms. The Kier molecular flexibility index (Phi) is 5.28. The van der Waals surface area contributed by atoms with Crippen molar-refractivity contribution in [3.8, 4) is 0 Å². The number of carbonyl (C=O) groups excluding carboxylic acids is 3. The van der Waals surface area contributed by atoms with Gasteiger partial charge in [0.05, 0.1) is 11.1 Å². The van der Waals surface area contributed by atoms with Crippen LogP contribution in [-0.4, -0.2) is 35.7 Å². The monoisotopic (exact) mass is 400 g/mol. The minimum Gasteiger partial charge on any atom is -0.352 e. The summed E-state index contributed by atoms with van der Waals surface area (Å²) >= 11 is 3.34. The number of nitrogens with zero attached hydrogens (tertiary/aromatic N) is 1. The molecule has 0 fully saturated rings. The van der Waals surface area contributed by atoms with Crippen molar-refractivity contribution in [2.45, 2.75) is 12.8 Å². The van der Waals surface area contributed by atoms with Gasteiger partial charge in [-0.05, 0) is 43.2 Å². The molecule has 3 amide bonds. The van der Waals surface area contributed by atoms with E-state index in [0.717, 1.165) is 4.47 Å². The van der Waals surface area contributed by atoms with Crippen LogP contribution in [-0.2, 0) is 0 Å². The van der Waals surface area contributed by atoms with E-state index in [0.29, 0.717) is 42.6 Å². The minimum atomic E-state index is -0.237. The number of benzene rings is 2. The molecule has 0 unspecified atom stereocenters. The summed E-state index contributed by atoms with van der Waals surface area (Å²) in [5.74, 6) is -0.612. The zero-order valence-corrected chi connectivity index (χ0v) is 15.1. The number of halogens is 1. The average molecular weight is 401 g/mol. The third kappa shape index (κ3) is 3.79. The number of imide groups is 1. The first-order valence-electron chi connectivity index (χ1n) is 8.07. The van der Waals surface area contributed by atoms with E-state index in [-0.39, 0.29) is 17.7 Å². The molecule has 128 valence electrons. The number of fused-ring (bicyclic) bond motifs is 1. The summed E-state index contributed by atoms with van der Waals surface area (Å²) in [5.41, 5.74) is 1.53. The van der Waals surface area contributed by atoms with Gasteiger partial charge in [-0.3, -0.25) is 19.3 Å². The summed E-state index contributed by atoms with van der Waals surface area (Å²) in [4.78, 5) is 37.8. The van der Waals surface area contributed by atoms with Crippen molar-refractivity contribution in [2.24, 2.45) is 0 Å². The van der Waals surface area contributed by atoms with Crippen molar-refractivity contribution < 1.29 is 14.4 Å². The molecule has 0 atom stereocenters. The molecule has 0 saturated carbocycles. The van der Waals surface area contributed by atoms with Crippen LogP contribution in [0, 0.1) is 0 Å². The quantitative estimate of drug-likeness (QED) is 0.597. The van der Waals surface area contributed by atoms with E-state index >= 15 is 0 Å². The second-order valence-electron chi connectivity index (χ2n) is 5.78. The van der Waals surface area contributed by atoms with E-state index in [1.165, 1.54) is 4.90 Å². The smallest absolute Gasteiger partial charge is 0.261 e. The first-order chi connectivity index (χ1) is 12.1. The standard InChI is InChI=1S/C19H17BrN2O3/c20-14-7-5-6-13(12-14)17(23)21-10-3-4-11-22-18(24)15-8-1-2-9-16(15)19(22)25/h1-2,5-9,12H,3-4,10-11H2,(H,21,23). The fourth-order valence-corrected chi connectivity index (χ4v) is 3.17. The zero-order chi connectivity index (χ0) is 17.8. The summed E-state index contributed by atoms with van der Waals surface area (Å²) in [6, 6.07) is 14.0. The number of carbonyl (C=O) groups is 3. The molecule has 0 radical (unpaired) electrons. The number of unbranched alkanes of at least 4 members (excludes halogenated alkanes) is 1. The van der Waals surface area contributed by atoms with E-state index in [1.807, 2.05) is 6.07 Å². The lowest BCUT2D eigenvalue weighted by Crippen LogP contribution is -2.31. The summed E-state index contributed by atoms with van der Waals surface area (Å²) < 4.78 is 0.853. The molecule has 1 aliphatic heterocycles. The largest absolute Gasteiger partial charge is 0.352 e. The summed E-state index contributed by atoms with van der Waals surface area (Å²) in [6.45, 7) is 0.855. The molecule has 0 bridgehead atoms. The Morgan fingerprint density at radius 1 is 0.960 bits per heavy atom. The van der Waals surface area contributed by atoms with Crippen molar-refractivity contribution in [3.05, 3.63) is 69.7 Å². The first kappa shape index (κ1) is 17.4. The van der Waals surface area contributed by atoms with Crippen LogP contribution in [0.25, 0.3) is 0 Å². The van der Waals surface area contributed by atoms with Gasteiger partial charge in [0.1, 0.15) is 0 Å². The van der Waals surface area contributed by atoms with Crippen LogP contribution in [0.3, 0.4) is 0 Å². The van der Waals surface area contributed by atoms with E-state index in [4.69, 9.17) is 0 Å². The minimum absolute atomic E-state index is 0.137. The average Bonchev–Trinajstić information content (AvgIpc) is 2.86. The number of rotatable bonds is 6. The fraction of sp³-hybridized carbons (Fsp3) is 0.211. The third-order valence-corrected chi connectivity index (χ3v) is 4.55. The number of hydrogen-bond acceptors (Lipinski definition) is 3. The van der Waals surface area contributed by atoms with Gasteiger partial charge in [-0.2, -0.15) is 0 Å². The second-order valence-corrected chi connectivity index (χ2v) is 6.70. The van der Waals surface area contributed by atoms with E-state index in [2.05, 4.69) is 21.2 Å². The van der Waals surface area contributed by atoms with Gasteiger partial charge in [0.15, 0.2) is 0 Å². The van der Waals surface area contributed by atoms with Crippen LogP contribution in [0.15, 0.2) is 53.0 Å². The Balaban J connectivity index is 1.44. The van der Waals surface area contributed by atoms with Crippen molar-refractivity contribution >= 4 is 33.7 Å². The van der Waals surface area contributed by atoms with Gasteiger partial charge in [0, 0.05) is 23.1 Å². The SMILES string of the molecule is O=C(NCCCCN1C(=O)c2ccccc2C1=O)c1cccc(Br)c1. The Bertz CT molecular complexity index is 800. The Hall–Kier alpha value is -2.47. The van der Waals surface area contributed by atoms with Crippen LogP contribution in [0.2, 0.25) is 0 Å². The molecule has 6 heteroatoms. The highest BCUT2D eigenvalue weighted by atomic mass is 79.9. The maximum absolute atomic E-state index is 12.2. The summed E-state index contributed by atoms with van der Waals surface area (Å²) in [6.07, 6.45) is 1.33. The van der Waals surface area contributed by atoms with Crippen LogP contribution < -0.4 is 5.32 Å².